The number of rotatable bonds is 1. The molecule has 92 valence electrons. The van der Waals surface area contributed by atoms with Crippen LogP contribution in [0.1, 0.15) is 15.4 Å². The highest BCUT2D eigenvalue weighted by Gasteiger charge is 2.29. The lowest BCUT2D eigenvalue weighted by atomic mass is 10.2. The molecule has 3 heterocycles. The van der Waals surface area contributed by atoms with E-state index < -0.39 is 0 Å². The fraction of sp³-hybridized carbons (Fsp3) is 0. The van der Waals surface area contributed by atoms with Crippen LogP contribution in [0.2, 0.25) is 5.02 Å². The quantitative estimate of drug-likeness (QED) is 0.508. The number of hydrogen-bond donors (Lipinski definition) is 0. The van der Waals surface area contributed by atoms with Gasteiger partial charge in [-0.05, 0) is 35.9 Å². The van der Waals surface area contributed by atoms with Gasteiger partial charge in [0.1, 0.15) is 4.88 Å². The molecule has 0 spiro atoms. The van der Waals surface area contributed by atoms with Gasteiger partial charge in [-0.3, -0.25) is 4.79 Å². The van der Waals surface area contributed by atoms with Crippen LogP contribution in [0.4, 0.5) is 0 Å². The molecule has 0 amide bonds. The molecular formula is C15H8ClNOS. The number of hydrogen-bond acceptors (Lipinski definition) is 2. The third-order valence-electron chi connectivity index (χ3n) is 3.29. The Hall–Kier alpha value is -1.84. The lowest BCUT2D eigenvalue weighted by Gasteiger charge is -1.98. The van der Waals surface area contributed by atoms with Crippen molar-refractivity contribution in [1.29, 1.82) is 0 Å². The summed E-state index contributed by atoms with van der Waals surface area (Å²) in [6, 6.07) is 13.5. The molecule has 0 radical (unpaired) electrons. The van der Waals surface area contributed by atoms with Crippen molar-refractivity contribution >= 4 is 28.7 Å². The van der Waals surface area contributed by atoms with Crippen LogP contribution >= 0.6 is 22.9 Å². The van der Waals surface area contributed by atoms with Crippen molar-refractivity contribution in [3.8, 4) is 16.1 Å². The fourth-order valence-corrected chi connectivity index (χ4v) is 3.60. The Morgan fingerprint density at radius 3 is 2.68 bits per heavy atom. The number of benzene rings is 1. The number of carbonyl (C=O) groups excluding carboxylic acids is 1. The summed E-state index contributed by atoms with van der Waals surface area (Å²) in [4.78, 5) is 14.1. The summed E-state index contributed by atoms with van der Waals surface area (Å²) < 4.78 is 1.95. The van der Waals surface area contributed by atoms with Gasteiger partial charge in [-0.2, -0.15) is 0 Å². The van der Waals surface area contributed by atoms with Crippen molar-refractivity contribution in [2.24, 2.45) is 0 Å². The van der Waals surface area contributed by atoms with E-state index in [2.05, 4.69) is 6.07 Å². The van der Waals surface area contributed by atoms with E-state index in [0.717, 1.165) is 31.7 Å². The van der Waals surface area contributed by atoms with Gasteiger partial charge in [0, 0.05) is 16.1 Å². The van der Waals surface area contributed by atoms with E-state index in [1.54, 1.807) is 0 Å². The molecule has 0 saturated carbocycles. The van der Waals surface area contributed by atoms with Crippen LogP contribution in [0.5, 0.6) is 0 Å². The van der Waals surface area contributed by atoms with E-state index in [-0.39, 0.29) is 5.78 Å². The van der Waals surface area contributed by atoms with Gasteiger partial charge in [0.2, 0.25) is 5.78 Å². The van der Waals surface area contributed by atoms with Crippen molar-refractivity contribution < 1.29 is 4.79 Å². The third kappa shape index (κ3) is 1.52. The Labute approximate surface area is 118 Å². The number of nitrogens with zero attached hydrogens (tertiary/aromatic N) is 1. The first kappa shape index (κ1) is 11.0. The molecular weight excluding hydrogens is 278 g/mol. The fourth-order valence-electron chi connectivity index (χ4n) is 2.37. The Bertz CT molecular complexity index is 798. The second-order valence-corrected chi connectivity index (χ2v) is 5.91. The Kier molecular flexibility index (Phi) is 2.22. The molecule has 0 atom stereocenters. The first-order valence-corrected chi connectivity index (χ1v) is 7.06. The predicted octanol–water partition coefficient (Wildman–Crippen LogP) is 4.40. The first-order chi connectivity index (χ1) is 9.24. The van der Waals surface area contributed by atoms with E-state index in [1.165, 1.54) is 11.3 Å². The van der Waals surface area contributed by atoms with Gasteiger partial charge >= 0.3 is 0 Å². The lowest BCUT2D eigenvalue weighted by Crippen LogP contribution is -1.93. The predicted molar refractivity (Wildman–Crippen MR) is 77.5 cm³/mol. The molecule has 1 aromatic carbocycles. The minimum absolute atomic E-state index is 0.116. The summed E-state index contributed by atoms with van der Waals surface area (Å²) in [5.41, 5.74) is 2.83. The minimum atomic E-state index is 0.116. The summed E-state index contributed by atoms with van der Waals surface area (Å²) in [6.07, 6.45) is 1.93. The second-order valence-electron chi connectivity index (χ2n) is 4.42. The van der Waals surface area contributed by atoms with Crippen molar-refractivity contribution in [3.05, 3.63) is 64.3 Å². The topological polar surface area (TPSA) is 22.0 Å². The number of ketones is 1. The zero-order valence-electron chi connectivity index (χ0n) is 9.76. The molecule has 3 aromatic rings. The van der Waals surface area contributed by atoms with Crippen LogP contribution in [0.15, 0.2) is 48.7 Å². The molecule has 2 nitrogen and oxygen atoms in total. The Morgan fingerprint density at radius 1 is 1.11 bits per heavy atom. The van der Waals surface area contributed by atoms with Crippen LogP contribution in [-0.4, -0.2) is 10.4 Å². The summed E-state index contributed by atoms with van der Waals surface area (Å²) in [7, 11) is 0. The Balaban J connectivity index is 1.88. The van der Waals surface area contributed by atoms with Crippen molar-refractivity contribution in [1.82, 2.24) is 4.57 Å². The highest BCUT2D eigenvalue weighted by molar-refractivity contribution is 7.18. The number of thiophene rings is 1. The zero-order chi connectivity index (χ0) is 13.0. The highest BCUT2D eigenvalue weighted by Crippen LogP contribution is 2.39. The SMILES string of the molecule is O=C1c2sc(-c3ccc(Cl)cc3)cc2-n2cccc21. The van der Waals surface area contributed by atoms with Crippen molar-refractivity contribution in [2.75, 3.05) is 0 Å². The zero-order valence-corrected chi connectivity index (χ0v) is 11.3. The number of halogens is 1. The van der Waals surface area contributed by atoms with Gasteiger partial charge in [0.15, 0.2) is 0 Å². The van der Waals surface area contributed by atoms with Gasteiger partial charge in [-0.1, -0.05) is 23.7 Å². The molecule has 0 N–H and O–H groups in total. The summed E-state index contributed by atoms with van der Waals surface area (Å²) in [6.45, 7) is 0. The van der Waals surface area contributed by atoms with Crippen LogP contribution < -0.4 is 0 Å². The number of aromatic nitrogens is 1. The molecule has 1 aliphatic heterocycles. The largest absolute Gasteiger partial charge is 0.312 e. The molecule has 0 unspecified atom stereocenters. The van der Waals surface area contributed by atoms with Gasteiger partial charge in [-0.15, -0.1) is 11.3 Å². The maximum Gasteiger partial charge on any atom is 0.221 e. The van der Waals surface area contributed by atoms with Gasteiger partial charge in [0.05, 0.1) is 11.4 Å². The van der Waals surface area contributed by atoms with Gasteiger partial charge < -0.3 is 4.57 Å². The van der Waals surface area contributed by atoms with E-state index in [1.807, 2.05) is 47.2 Å². The summed E-state index contributed by atoms with van der Waals surface area (Å²) in [5.74, 6) is 0.116. The summed E-state index contributed by atoms with van der Waals surface area (Å²) in [5, 5.41) is 0.719. The average Bonchev–Trinajstić information content (AvgIpc) is 3.08. The molecule has 0 aliphatic carbocycles. The van der Waals surface area contributed by atoms with Crippen molar-refractivity contribution in [3.63, 3.8) is 0 Å². The Morgan fingerprint density at radius 2 is 1.89 bits per heavy atom. The highest BCUT2D eigenvalue weighted by atomic mass is 35.5. The number of fused-ring (bicyclic) bond motifs is 3. The van der Waals surface area contributed by atoms with E-state index in [4.69, 9.17) is 11.6 Å². The first-order valence-electron chi connectivity index (χ1n) is 5.86. The number of carbonyl (C=O) groups is 1. The average molecular weight is 286 g/mol. The second kappa shape index (κ2) is 3.83. The van der Waals surface area contributed by atoms with Crippen molar-refractivity contribution in [2.45, 2.75) is 0 Å². The monoisotopic (exact) mass is 285 g/mol. The van der Waals surface area contributed by atoms with Crippen LogP contribution in [0.25, 0.3) is 16.1 Å². The van der Waals surface area contributed by atoms with E-state index >= 15 is 0 Å². The molecule has 0 saturated heterocycles. The summed E-state index contributed by atoms with van der Waals surface area (Å²) >= 11 is 7.43. The lowest BCUT2D eigenvalue weighted by molar-refractivity contribution is 0.104. The minimum Gasteiger partial charge on any atom is -0.312 e. The van der Waals surface area contributed by atoms with E-state index in [9.17, 15) is 4.79 Å². The standard InChI is InChI=1S/C15H8ClNOS/c16-10-5-3-9(4-6-10)13-8-12-15(19-13)14(18)11-2-1-7-17(11)12/h1-8H. The molecule has 0 fully saturated rings. The molecule has 4 heteroatoms. The third-order valence-corrected chi connectivity index (χ3v) is 4.71. The van der Waals surface area contributed by atoms with Crippen LogP contribution in [0.3, 0.4) is 0 Å². The van der Waals surface area contributed by atoms with Gasteiger partial charge in [0.25, 0.3) is 0 Å². The normalized spacial score (nSPS) is 12.6. The molecule has 1 aliphatic rings. The molecule has 2 aromatic heterocycles. The van der Waals surface area contributed by atoms with Gasteiger partial charge in [-0.25, -0.2) is 0 Å². The smallest absolute Gasteiger partial charge is 0.221 e. The van der Waals surface area contributed by atoms with Crippen LogP contribution in [0, 0.1) is 0 Å². The molecule has 4 rings (SSSR count). The van der Waals surface area contributed by atoms with E-state index in [0.29, 0.717) is 0 Å². The van der Waals surface area contributed by atoms with Crippen LogP contribution in [-0.2, 0) is 0 Å². The maximum atomic E-state index is 12.2. The maximum absolute atomic E-state index is 12.2. The molecule has 19 heavy (non-hydrogen) atoms. The molecule has 0 bridgehead atoms.